The molecule has 0 saturated heterocycles. The SMILES string of the molecule is O=C(Cn1cnc2scc(-c3cccs3)c2c1=O)N[C@H]1CCSc2c(F)cccc21. The maximum absolute atomic E-state index is 14.1. The van der Waals surface area contributed by atoms with E-state index in [-0.39, 0.29) is 29.9 Å². The summed E-state index contributed by atoms with van der Waals surface area (Å²) in [5, 5.41) is 7.39. The zero-order valence-corrected chi connectivity index (χ0v) is 18.1. The van der Waals surface area contributed by atoms with Crippen LogP contribution in [0, 0.1) is 5.82 Å². The maximum atomic E-state index is 14.1. The number of thioether (sulfide) groups is 1. The molecule has 152 valence electrons. The van der Waals surface area contributed by atoms with Crippen LogP contribution in [0.25, 0.3) is 20.7 Å². The fraction of sp³-hybridized carbons (Fsp3) is 0.190. The number of benzene rings is 1. The van der Waals surface area contributed by atoms with Crippen LogP contribution in [0.2, 0.25) is 0 Å². The molecule has 0 saturated carbocycles. The lowest BCUT2D eigenvalue weighted by Gasteiger charge is -2.26. The van der Waals surface area contributed by atoms with Gasteiger partial charge in [-0.25, -0.2) is 9.37 Å². The molecule has 1 N–H and O–H groups in total. The lowest BCUT2D eigenvalue weighted by Crippen LogP contribution is -2.36. The summed E-state index contributed by atoms with van der Waals surface area (Å²) in [6.45, 7) is -0.129. The molecule has 0 unspecified atom stereocenters. The van der Waals surface area contributed by atoms with Gasteiger partial charge in [0, 0.05) is 26.5 Å². The van der Waals surface area contributed by atoms with E-state index in [4.69, 9.17) is 0 Å². The Morgan fingerprint density at radius 1 is 1.27 bits per heavy atom. The van der Waals surface area contributed by atoms with Gasteiger partial charge in [-0.2, -0.15) is 0 Å². The van der Waals surface area contributed by atoms with Crippen LogP contribution in [0.5, 0.6) is 0 Å². The Morgan fingerprint density at radius 3 is 3.00 bits per heavy atom. The Bertz CT molecular complexity index is 1300. The van der Waals surface area contributed by atoms with Crippen molar-refractivity contribution >= 4 is 50.6 Å². The van der Waals surface area contributed by atoms with Crippen LogP contribution in [0.15, 0.2) is 57.1 Å². The molecule has 30 heavy (non-hydrogen) atoms. The number of hydrogen-bond donors (Lipinski definition) is 1. The second-order valence-electron chi connectivity index (χ2n) is 6.90. The smallest absolute Gasteiger partial charge is 0.263 e. The summed E-state index contributed by atoms with van der Waals surface area (Å²) >= 11 is 4.45. The number of aromatic nitrogens is 2. The van der Waals surface area contributed by atoms with Crippen LogP contribution in [-0.4, -0.2) is 21.2 Å². The summed E-state index contributed by atoms with van der Waals surface area (Å²) in [5.41, 5.74) is 1.41. The number of carbonyl (C=O) groups is 1. The van der Waals surface area contributed by atoms with E-state index in [9.17, 15) is 14.0 Å². The molecule has 0 aliphatic carbocycles. The first-order chi connectivity index (χ1) is 14.6. The van der Waals surface area contributed by atoms with Gasteiger partial charge in [-0.3, -0.25) is 14.2 Å². The van der Waals surface area contributed by atoms with E-state index in [1.165, 1.54) is 40.1 Å². The van der Waals surface area contributed by atoms with E-state index in [1.54, 1.807) is 17.4 Å². The fourth-order valence-corrected chi connectivity index (χ4v) is 6.49. The average molecular weight is 458 g/mol. The molecule has 9 heteroatoms. The molecule has 4 aromatic rings. The summed E-state index contributed by atoms with van der Waals surface area (Å²) in [6.07, 6.45) is 2.13. The monoisotopic (exact) mass is 457 g/mol. The highest BCUT2D eigenvalue weighted by molar-refractivity contribution is 7.99. The number of amides is 1. The van der Waals surface area contributed by atoms with Crippen molar-refractivity contribution in [3.63, 3.8) is 0 Å². The summed E-state index contributed by atoms with van der Waals surface area (Å²) in [6, 6.07) is 8.57. The van der Waals surface area contributed by atoms with E-state index < -0.39 is 0 Å². The summed E-state index contributed by atoms with van der Waals surface area (Å²) in [4.78, 5) is 32.4. The molecular weight excluding hydrogens is 441 g/mol. The van der Waals surface area contributed by atoms with Crippen LogP contribution in [0.3, 0.4) is 0 Å². The van der Waals surface area contributed by atoms with Crippen LogP contribution >= 0.6 is 34.4 Å². The number of thiophene rings is 2. The van der Waals surface area contributed by atoms with Crippen LogP contribution in [0.1, 0.15) is 18.0 Å². The molecule has 1 aliphatic heterocycles. The van der Waals surface area contributed by atoms with Gasteiger partial charge in [-0.05, 0) is 29.5 Å². The Hall–Kier alpha value is -2.49. The van der Waals surface area contributed by atoms with Gasteiger partial charge in [0.1, 0.15) is 17.2 Å². The predicted molar refractivity (Wildman–Crippen MR) is 120 cm³/mol. The number of hydrogen-bond acceptors (Lipinski definition) is 6. The molecule has 3 aromatic heterocycles. The van der Waals surface area contributed by atoms with Crippen molar-refractivity contribution < 1.29 is 9.18 Å². The third-order valence-electron chi connectivity index (χ3n) is 5.02. The minimum atomic E-state index is -0.293. The molecular formula is C21H16FN3O2S3. The molecule has 5 rings (SSSR count). The van der Waals surface area contributed by atoms with Crippen LogP contribution < -0.4 is 10.9 Å². The highest BCUT2D eigenvalue weighted by atomic mass is 32.2. The van der Waals surface area contributed by atoms with E-state index in [0.717, 1.165) is 21.8 Å². The minimum absolute atomic E-state index is 0.129. The number of nitrogens with zero attached hydrogens (tertiary/aromatic N) is 2. The van der Waals surface area contributed by atoms with Crippen molar-refractivity contribution in [3.05, 3.63) is 69.2 Å². The predicted octanol–water partition coefficient (Wildman–Crippen LogP) is 4.68. The van der Waals surface area contributed by atoms with Crippen molar-refractivity contribution in [3.8, 4) is 10.4 Å². The first-order valence-corrected chi connectivity index (χ1v) is 12.1. The third-order valence-corrected chi connectivity index (χ3v) is 7.97. The van der Waals surface area contributed by atoms with E-state index >= 15 is 0 Å². The number of halogens is 1. The van der Waals surface area contributed by atoms with E-state index in [0.29, 0.717) is 21.5 Å². The molecule has 0 bridgehead atoms. The second-order valence-corrected chi connectivity index (χ2v) is 9.81. The first-order valence-electron chi connectivity index (χ1n) is 9.33. The maximum Gasteiger partial charge on any atom is 0.263 e. The summed E-state index contributed by atoms with van der Waals surface area (Å²) < 4.78 is 15.4. The first kappa shape index (κ1) is 19.5. The number of carbonyl (C=O) groups excluding carboxylic acids is 1. The van der Waals surface area contributed by atoms with Gasteiger partial charge < -0.3 is 5.32 Å². The van der Waals surface area contributed by atoms with Crippen molar-refractivity contribution in [2.45, 2.75) is 23.9 Å². The Labute approximate surface area is 183 Å². The molecule has 0 radical (unpaired) electrons. The topological polar surface area (TPSA) is 64.0 Å². The number of fused-ring (bicyclic) bond motifs is 2. The second kappa shape index (κ2) is 7.98. The molecule has 1 aliphatic rings. The van der Waals surface area contributed by atoms with Gasteiger partial charge in [-0.15, -0.1) is 34.4 Å². The molecule has 0 fully saturated rings. The number of nitrogens with one attached hydrogen (secondary N) is 1. The Balaban J connectivity index is 1.41. The molecule has 1 atom stereocenters. The highest BCUT2D eigenvalue weighted by Crippen LogP contribution is 2.37. The van der Waals surface area contributed by atoms with E-state index in [2.05, 4.69) is 10.3 Å². The normalized spacial score (nSPS) is 15.8. The molecule has 4 heterocycles. The van der Waals surface area contributed by atoms with Crippen molar-refractivity contribution in [1.29, 1.82) is 0 Å². The van der Waals surface area contributed by atoms with Crippen molar-refractivity contribution in [1.82, 2.24) is 14.9 Å². The van der Waals surface area contributed by atoms with E-state index in [1.807, 2.05) is 29.0 Å². The lowest BCUT2D eigenvalue weighted by atomic mass is 10.0. The van der Waals surface area contributed by atoms with Crippen molar-refractivity contribution in [2.24, 2.45) is 0 Å². The van der Waals surface area contributed by atoms with Gasteiger partial charge in [0.15, 0.2) is 0 Å². The van der Waals surface area contributed by atoms with Gasteiger partial charge in [0.2, 0.25) is 5.91 Å². The van der Waals surface area contributed by atoms with Gasteiger partial charge in [-0.1, -0.05) is 18.2 Å². The molecule has 1 aromatic carbocycles. The van der Waals surface area contributed by atoms with Crippen LogP contribution in [0.4, 0.5) is 4.39 Å². The molecule has 5 nitrogen and oxygen atoms in total. The minimum Gasteiger partial charge on any atom is -0.348 e. The summed E-state index contributed by atoms with van der Waals surface area (Å²) in [5.74, 6) is 0.171. The fourth-order valence-electron chi connectivity index (χ4n) is 3.62. The lowest BCUT2D eigenvalue weighted by molar-refractivity contribution is -0.122. The molecule has 1 amide bonds. The highest BCUT2D eigenvalue weighted by Gasteiger charge is 2.25. The summed E-state index contributed by atoms with van der Waals surface area (Å²) in [7, 11) is 0. The Kier molecular flexibility index (Phi) is 5.18. The van der Waals surface area contributed by atoms with Crippen LogP contribution in [-0.2, 0) is 11.3 Å². The average Bonchev–Trinajstić information content (AvgIpc) is 3.41. The number of rotatable bonds is 4. The van der Waals surface area contributed by atoms with Crippen molar-refractivity contribution in [2.75, 3.05) is 5.75 Å². The van der Waals surface area contributed by atoms with Gasteiger partial charge >= 0.3 is 0 Å². The zero-order chi connectivity index (χ0) is 20.7. The standard InChI is InChI=1S/C21H16FN3O2S3/c22-14-4-1-3-12-15(6-8-29-19(12)14)24-17(26)9-25-11-23-20-18(21(25)27)13(10-30-20)16-5-2-7-28-16/h1-5,7,10-11,15H,6,8-9H2,(H,24,26)/t15-/m0/s1. The molecule has 0 spiro atoms. The van der Waals surface area contributed by atoms with Gasteiger partial charge in [0.05, 0.1) is 17.8 Å². The third kappa shape index (κ3) is 3.46. The Morgan fingerprint density at radius 2 is 2.17 bits per heavy atom. The van der Waals surface area contributed by atoms with Gasteiger partial charge in [0.25, 0.3) is 5.56 Å². The quantitative estimate of drug-likeness (QED) is 0.483. The zero-order valence-electron chi connectivity index (χ0n) is 15.6. The largest absolute Gasteiger partial charge is 0.348 e.